The van der Waals surface area contributed by atoms with E-state index < -0.39 is 53.3 Å². The molecule has 15 nitrogen and oxygen atoms in total. The Bertz CT molecular complexity index is 2430. The molecule has 4 aromatic rings. The quantitative estimate of drug-likeness (QED) is 0.0765. The molecule has 6 N–H and O–H groups in total. The van der Waals surface area contributed by atoms with Crippen LogP contribution in [0.15, 0.2) is 73.3 Å². The smallest absolute Gasteiger partial charge is 0.395 e. The molecule has 2 unspecified atom stereocenters. The number of carbonyl (C=O) groups is 4. The third kappa shape index (κ3) is 13.0. The van der Waals surface area contributed by atoms with E-state index in [1.165, 1.54) is 36.4 Å². The number of halogens is 6. The van der Waals surface area contributed by atoms with E-state index in [4.69, 9.17) is 10.8 Å². The number of alkyl halides is 6. The molecule has 0 bridgehead atoms. The molecule has 2 aliphatic heterocycles. The number of hydrogen-bond acceptors (Lipinski definition) is 11. The van der Waals surface area contributed by atoms with Gasteiger partial charge in [0, 0.05) is 79.6 Å². The lowest BCUT2D eigenvalue weighted by Gasteiger charge is -2.28. The Hall–Kier alpha value is -6.06. The van der Waals surface area contributed by atoms with E-state index in [9.17, 15) is 45.5 Å². The predicted molar refractivity (Wildman–Crippen MR) is 244 cm³/mol. The van der Waals surface area contributed by atoms with Gasteiger partial charge in [-0.05, 0) is 113 Å². The Balaban J connectivity index is 0.000000188. The molecule has 21 heteroatoms. The number of anilines is 2. The second kappa shape index (κ2) is 21.7. The number of carboxylic acid groups (broad SMARTS) is 1. The van der Waals surface area contributed by atoms with Crippen LogP contribution >= 0.6 is 0 Å². The monoisotopic (exact) mass is 968 g/mol. The molecular formula is C48H58F6N10O5. The van der Waals surface area contributed by atoms with Crippen LogP contribution in [0.25, 0.3) is 0 Å². The van der Waals surface area contributed by atoms with E-state index in [0.29, 0.717) is 31.8 Å². The first kappa shape index (κ1) is 52.3. The van der Waals surface area contributed by atoms with Crippen molar-refractivity contribution in [3.8, 4) is 0 Å². The molecule has 2 saturated carbocycles. The molecule has 69 heavy (non-hydrogen) atoms. The standard InChI is InChI=1S/C24H28F3N5O2.C13H19N3O.C11H11F3N2O2/c1-32(2)17(11-15-4-5-19-16(10-15)12-21(34)31-19)14-30-20(33)13-18(22-28-8-3-9-29-22)23(6-7-23)24(25,26)27;1-16(2)11(8-14)6-9-3-4-12-10(5-9)7-13(17)15-12;12-11(13,14)10(2-3-10)7(6-8(17)18)9-15-4-1-5-16-9/h3-5,8-10,17-18H,6-7,11-14H2,1-2H3,(H,30,33)(H,31,34);3-5,11H,6-8,14H2,1-2H3,(H,15,17);1,4-5,7H,2-3,6H2,(H,17,18)/t17-,18?;11-;/m00./s1. The molecule has 8 rings (SSSR count). The summed E-state index contributed by atoms with van der Waals surface area (Å²) >= 11 is 0. The van der Waals surface area contributed by atoms with Gasteiger partial charge in [-0.2, -0.15) is 26.3 Å². The molecule has 0 saturated heterocycles. The first-order valence-corrected chi connectivity index (χ1v) is 22.6. The fraction of sp³-hybridized carbons (Fsp3) is 0.500. The van der Waals surface area contributed by atoms with Crippen LogP contribution < -0.4 is 21.7 Å². The van der Waals surface area contributed by atoms with Gasteiger partial charge in [0.15, 0.2) is 0 Å². The number of nitrogens with one attached hydrogen (secondary N) is 3. The van der Waals surface area contributed by atoms with Gasteiger partial charge in [-0.15, -0.1) is 0 Å². The fourth-order valence-electron chi connectivity index (χ4n) is 8.92. The maximum atomic E-state index is 13.8. The Morgan fingerprint density at radius 3 is 1.46 bits per heavy atom. The molecule has 3 amide bonds. The highest BCUT2D eigenvalue weighted by atomic mass is 19.4. The van der Waals surface area contributed by atoms with Crippen LogP contribution in [-0.4, -0.2) is 124 Å². The van der Waals surface area contributed by atoms with Gasteiger partial charge < -0.3 is 36.6 Å². The number of carbonyl (C=O) groups excluding carboxylic acids is 3. The lowest BCUT2D eigenvalue weighted by molar-refractivity contribution is -0.196. The van der Waals surface area contributed by atoms with Crippen molar-refractivity contribution in [3.05, 3.63) is 107 Å². The first-order valence-electron chi connectivity index (χ1n) is 22.6. The Morgan fingerprint density at radius 1 is 0.696 bits per heavy atom. The van der Waals surface area contributed by atoms with Gasteiger partial charge in [-0.3, -0.25) is 19.2 Å². The lowest BCUT2D eigenvalue weighted by Crippen LogP contribution is -2.43. The van der Waals surface area contributed by atoms with Crippen molar-refractivity contribution in [1.82, 2.24) is 35.1 Å². The number of carboxylic acids is 1. The highest BCUT2D eigenvalue weighted by Crippen LogP contribution is 2.66. The fourth-order valence-corrected chi connectivity index (χ4v) is 8.92. The number of fused-ring (bicyclic) bond motifs is 2. The molecule has 2 aromatic carbocycles. The second-order valence-electron chi connectivity index (χ2n) is 18.5. The number of nitrogens with two attached hydrogens (primary N) is 1. The van der Waals surface area contributed by atoms with E-state index in [1.807, 2.05) is 57.4 Å². The molecule has 2 aromatic heterocycles. The molecule has 2 fully saturated rings. The lowest BCUT2D eigenvalue weighted by atomic mass is 9.84. The zero-order valence-electron chi connectivity index (χ0n) is 38.8. The molecule has 2 aliphatic carbocycles. The molecular weight excluding hydrogens is 911 g/mol. The van der Waals surface area contributed by atoms with Crippen LogP contribution in [0.3, 0.4) is 0 Å². The normalized spacial score (nSPS) is 17.9. The van der Waals surface area contributed by atoms with Crippen LogP contribution in [0.5, 0.6) is 0 Å². The van der Waals surface area contributed by atoms with Crippen LogP contribution in [-0.2, 0) is 44.9 Å². The van der Waals surface area contributed by atoms with Gasteiger partial charge in [0.25, 0.3) is 0 Å². The summed E-state index contributed by atoms with van der Waals surface area (Å²) in [6.45, 7) is 0.919. The molecule has 372 valence electrons. The van der Waals surface area contributed by atoms with Crippen LogP contribution in [0, 0.1) is 10.8 Å². The SMILES string of the molecule is CN(C)[C@H](CN)Cc1ccc2c(c1)CC(=O)N2.CN(C)[C@H](CNC(=O)CC(c1ncccn1)C1(C(F)(F)F)CC1)Cc1ccc2c(c1)CC(=O)N2.O=C(O)CC(c1ncccn1)C1(C(F)(F)F)CC1. The van der Waals surface area contributed by atoms with Crippen LogP contribution in [0.1, 0.15) is 84.3 Å². The maximum Gasteiger partial charge on any atom is 0.395 e. The number of aromatic nitrogens is 4. The van der Waals surface area contributed by atoms with Crippen molar-refractivity contribution in [2.24, 2.45) is 16.6 Å². The van der Waals surface area contributed by atoms with Crippen molar-refractivity contribution >= 4 is 35.1 Å². The minimum atomic E-state index is -4.42. The van der Waals surface area contributed by atoms with E-state index in [-0.39, 0.29) is 68.2 Å². The predicted octanol–water partition coefficient (Wildman–Crippen LogP) is 6.07. The molecule has 0 spiro atoms. The van der Waals surface area contributed by atoms with Crippen LogP contribution in [0.4, 0.5) is 37.7 Å². The third-order valence-corrected chi connectivity index (χ3v) is 13.4. The highest BCUT2D eigenvalue weighted by Gasteiger charge is 2.69. The summed E-state index contributed by atoms with van der Waals surface area (Å²) in [5, 5.41) is 17.2. The number of likely N-dealkylation sites (N-methyl/N-ethyl adjacent to an activating group) is 2. The number of nitrogens with zero attached hydrogens (tertiary/aromatic N) is 6. The summed E-state index contributed by atoms with van der Waals surface area (Å²) in [5.74, 6) is -4.00. The minimum absolute atomic E-state index is 0.0251. The largest absolute Gasteiger partial charge is 0.481 e. The summed E-state index contributed by atoms with van der Waals surface area (Å²) in [6.07, 6.45) is -2.12. The Kier molecular flexibility index (Phi) is 16.5. The van der Waals surface area contributed by atoms with Gasteiger partial charge >= 0.3 is 18.3 Å². The number of benzene rings is 2. The maximum absolute atomic E-state index is 13.8. The Morgan fingerprint density at radius 2 is 1.10 bits per heavy atom. The van der Waals surface area contributed by atoms with E-state index >= 15 is 0 Å². The summed E-state index contributed by atoms with van der Waals surface area (Å²) < 4.78 is 80.6. The zero-order valence-corrected chi connectivity index (χ0v) is 38.8. The van der Waals surface area contributed by atoms with Gasteiger partial charge in [-0.1, -0.05) is 24.3 Å². The van der Waals surface area contributed by atoms with Gasteiger partial charge in [0.05, 0.1) is 30.1 Å². The van der Waals surface area contributed by atoms with Gasteiger partial charge in [0.2, 0.25) is 17.7 Å². The average Bonchev–Trinajstić information content (AvgIpc) is 4.21. The number of aliphatic carboxylic acids is 1. The van der Waals surface area contributed by atoms with Crippen LogP contribution in [0.2, 0.25) is 0 Å². The average molecular weight is 969 g/mol. The number of hydrogen-bond donors (Lipinski definition) is 5. The van der Waals surface area contributed by atoms with Crippen molar-refractivity contribution < 1.29 is 50.6 Å². The molecule has 4 heterocycles. The molecule has 0 radical (unpaired) electrons. The molecule has 4 atom stereocenters. The van der Waals surface area contributed by atoms with Gasteiger partial charge in [-0.25, -0.2) is 19.9 Å². The number of amides is 3. The summed E-state index contributed by atoms with van der Waals surface area (Å²) in [7, 11) is 7.85. The summed E-state index contributed by atoms with van der Waals surface area (Å²) in [4.78, 5) is 66.1. The Labute approximate surface area is 396 Å². The van der Waals surface area contributed by atoms with Crippen molar-refractivity contribution in [2.75, 3.05) is 51.9 Å². The van der Waals surface area contributed by atoms with Crippen molar-refractivity contribution in [1.29, 1.82) is 0 Å². The van der Waals surface area contributed by atoms with Gasteiger partial charge in [0.1, 0.15) is 11.6 Å². The summed E-state index contributed by atoms with van der Waals surface area (Å²) in [6, 6.07) is 15.2. The summed E-state index contributed by atoms with van der Waals surface area (Å²) in [5.41, 5.74) is 7.91. The van der Waals surface area contributed by atoms with E-state index in [1.54, 1.807) is 6.07 Å². The van der Waals surface area contributed by atoms with Crippen molar-refractivity contribution in [3.63, 3.8) is 0 Å². The van der Waals surface area contributed by atoms with Crippen molar-refractivity contribution in [2.45, 2.75) is 100 Å². The topological polar surface area (TPSA) is 209 Å². The number of rotatable bonds is 17. The highest BCUT2D eigenvalue weighted by molar-refractivity contribution is 5.99. The zero-order chi connectivity index (χ0) is 50.3. The third-order valence-electron chi connectivity index (χ3n) is 13.4. The van der Waals surface area contributed by atoms with E-state index in [0.717, 1.165) is 34.5 Å². The first-order chi connectivity index (χ1) is 32.6. The minimum Gasteiger partial charge on any atom is -0.481 e. The second-order valence-corrected chi connectivity index (χ2v) is 18.5. The van der Waals surface area contributed by atoms with E-state index in [2.05, 4.69) is 52.9 Å². The molecule has 4 aliphatic rings.